The topological polar surface area (TPSA) is 25.8 Å². The fourth-order valence-electron chi connectivity index (χ4n) is 3.92. The van der Waals surface area contributed by atoms with E-state index in [4.69, 9.17) is 4.98 Å². The number of thiophene rings is 1. The van der Waals surface area contributed by atoms with Gasteiger partial charge in [-0.25, -0.2) is 4.98 Å². The first-order valence-electron chi connectivity index (χ1n) is 9.60. The normalized spacial score (nSPS) is 11.4. The number of hydrogen-bond acceptors (Lipinski definition) is 3. The Morgan fingerprint density at radius 1 is 0.621 bits per heavy atom. The average molecular weight is 388 g/mol. The van der Waals surface area contributed by atoms with Crippen molar-refractivity contribution in [1.29, 1.82) is 0 Å². The number of para-hydroxylation sites is 2. The first kappa shape index (κ1) is 16.4. The summed E-state index contributed by atoms with van der Waals surface area (Å²) in [7, 11) is 0. The zero-order chi connectivity index (χ0) is 19.2. The molecule has 0 bridgehead atoms. The van der Waals surface area contributed by atoms with E-state index in [0.29, 0.717) is 0 Å². The third kappa shape index (κ3) is 2.71. The Morgan fingerprint density at radius 3 is 2.34 bits per heavy atom. The van der Waals surface area contributed by atoms with Crippen LogP contribution in [0.1, 0.15) is 0 Å². The van der Waals surface area contributed by atoms with Gasteiger partial charge < -0.3 is 0 Å². The number of fused-ring (bicyclic) bond motifs is 4. The van der Waals surface area contributed by atoms with Gasteiger partial charge in [0.05, 0.1) is 22.9 Å². The minimum absolute atomic E-state index is 0.897. The molecule has 0 saturated carbocycles. The van der Waals surface area contributed by atoms with Crippen molar-refractivity contribution in [1.82, 2.24) is 9.97 Å². The highest BCUT2D eigenvalue weighted by Crippen LogP contribution is 2.40. The molecule has 6 aromatic rings. The first-order valence-corrected chi connectivity index (χ1v) is 10.4. The standard InChI is InChI=1S/C26H16N2S/c1-4-14-25-20(9-1)21-11-6-10-19(26(21)29-25)17-7-5-8-18(15-17)24-16-27-22-12-2-3-13-23(22)28-24/h1-16H. The van der Waals surface area contributed by atoms with Gasteiger partial charge in [0.25, 0.3) is 0 Å². The second kappa shape index (κ2) is 6.50. The summed E-state index contributed by atoms with van der Waals surface area (Å²) in [5.74, 6) is 0. The van der Waals surface area contributed by atoms with Gasteiger partial charge in [0, 0.05) is 25.7 Å². The molecule has 136 valence electrons. The quantitative estimate of drug-likeness (QED) is 0.310. The molecule has 2 heterocycles. The first-order chi connectivity index (χ1) is 14.4. The Bertz CT molecular complexity index is 1510. The van der Waals surface area contributed by atoms with E-state index in [1.807, 2.05) is 41.8 Å². The number of benzene rings is 4. The summed E-state index contributed by atoms with van der Waals surface area (Å²) in [5, 5.41) is 2.64. The van der Waals surface area contributed by atoms with Crippen molar-refractivity contribution in [3.63, 3.8) is 0 Å². The SMILES string of the molecule is c1cc(-c2cnc3ccccc3n2)cc(-c2cccc3c2sc2ccccc23)c1. The third-order valence-electron chi connectivity index (χ3n) is 5.32. The van der Waals surface area contributed by atoms with Crippen LogP contribution in [0.3, 0.4) is 0 Å². The van der Waals surface area contributed by atoms with E-state index in [9.17, 15) is 0 Å². The lowest BCUT2D eigenvalue weighted by Crippen LogP contribution is -1.89. The summed E-state index contributed by atoms with van der Waals surface area (Å²) in [6.07, 6.45) is 1.86. The van der Waals surface area contributed by atoms with Crippen molar-refractivity contribution in [2.75, 3.05) is 0 Å². The van der Waals surface area contributed by atoms with Crippen LogP contribution in [0.25, 0.3) is 53.6 Å². The predicted octanol–water partition coefficient (Wildman–Crippen LogP) is 7.33. The third-order valence-corrected chi connectivity index (χ3v) is 6.54. The van der Waals surface area contributed by atoms with Gasteiger partial charge in [0.15, 0.2) is 0 Å². The molecule has 0 unspecified atom stereocenters. The lowest BCUT2D eigenvalue weighted by molar-refractivity contribution is 1.29. The van der Waals surface area contributed by atoms with Crippen molar-refractivity contribution in [2.24, 2.45) is 0 Å². The Hall–Kier alpha value is -3.56. The maximum absolute atomic E-state index is 4.82. The maximum Gasteiger partial charge on any atom is 0.0894 e. The highest BCUT2D eigenvalue weighted by Gasteiger charge is 2.11. The van der Waals surface area contributed by atoms with Gasteiger partial charge in [-0.3, -0.25) is 4.98 Å². The van der Waals surface area contributed by atoms with Crippen LogP contribution in [0.2, 0.25) is 0 Å². The van der Waals surface area contributed by atoms with Gasteiger partial charge in [-0.2, -0.15) is 0 Å². The van der Waals surface area contributed by atoms with Crippen LogP contribution in [0.15, 0.2) is 97.2 Å². The summed E-state index contributed by atoms with van der Waals surface area (Å²) >= 11 is 1.86. The average Bonchev–Trinajstić information content (AvgIpc) is 3.18. The van der Waals surface area contributed by atoms with E-state index in [1.54, 1.807) is 0 Å². The van der Waals surface area contributed by atoms with Crippen LogP contribution >= 0.6 is 11.3 Å². The molecule has 2 aromatic heterocycles. The van der Waals surface area contributed by atoms with Gasteiger partial charge >= 0.3 is 0 Å². The highest BCUT2D eigenvalue weighted by atomic mass is 32.1. The molecule has 4 aromatic carbocycles. The molecule has 0 aliphatic rings. The lowest BCUT2D eigenvalue weighted by atomic mass is 10.00. The summed E-state index contributed by atoms with van der Waals surface area (Å²) in [5.41, 5.74) is 6.28. The second-order valence-corrected chi connectivity index (χ2v) is 8.16. The molecule has 29 heavy (non-hydrogen) atoms. The fourth-order valence-corrected chi connectivity index (χ4v) is 5.16. The molecule has 0 N–H and O–H groups in total. The van der Waals surface area contributed by atoms with Crippen molar-refractivity contribution in [3.8, 4) is 22.4 Å². The van der Waals surface area contributed by atoms with Crippen LogP contribution in [-0.4, -0.2) is 9.97 Å². The van der Waals surface area contributed by atoms with Crippen molar-refractivity contribution in [3.05, 3.63) is 97.2 Å². The minimum atomic E-state index is 0.897. The Morgan fingerprint density at radius 2 is 1.38 bits per heavy atom. The highest BCUT2D eigenvalue weighted by molar-refractivity contribution is 7.26. The van der Waals surface area contributed by atoms with Gasteiger partial charge in [0.2, 0.25) is 0 Å². The molecular formula is C26H16N2S. The number of hydrogen-bond donors (Lipinski definition) is 0. The Labute approximate surface area is 172 Å². The largest absolute Gasteiger partial charge is 0.252 e. The number of aromatic nitrogens is 2. The fraction of sp³-hybridized carbons (Fsp3) is 0. The van der Waals surface area contributed by atoms with Crippen LogP contribution in [0.4, 0.5) is 0 Å². The Balaban J connectivity index is 1.53. The van der Waals surface area contributed by atoms with Crippen molar-refractivity contribution >= 4 is 42.5 Å². The summed E-state index contributed by atoms with van der Waals surface area (Å²) < 4.78 is 2.65. The van der Waals surface area contributed by atoms with E-state index in [1.165, 1.54) is 31.3 Å². The molecular weight excluding hydrogens is 372 g/mol. The van der Waals surface area contributed by atoms with E-state index >= 15 is 0 Å². The van der Waals surface area contributed by atoms with E-state index in [0.717, 1.165) is 22.3 Å². The van der Waals surface area contributed by atoms with Crippen LogP contribution < -0.4 is 0 Å². The van der Waals surface area contributed by atoms with Gasteiger partial charge in [-0.15, -0.1) is 11.3 Å². The molecule has 6 rings (SSSR count). The second-order valence-electron chi connectivity index (χ2n) is 7.11. The van der Waals surface area contributed by atoms with Gasteiger partial charge in [0.1, 0.15) is 0 Å². The molecule has 2 nitrogen and oxygen atoms in total. The minimum Gasteiger partial charge on any atom is -0.252 e. The van der Waals surface area contributed by atoms with Crippen LogP contribution in [0, 0.1) is 0 Å². The molecule has 0 fully saturated rings. The van der Waals surface area contributed by atoms with Gasteiger partial charge in [-0.05, 0) is 35.4 Å². The maximum atomic E-state index is 4.82. The molecule has 0 atom stereocenters. The predicted molar refractivity (Wildman–Crippen MR) is 123 cm³/mol. The van der Waals surface area contributed by atoms with E-state index in [-0.39, 0.29) is 0 Å². The zero-order valence-electron chi connectivity index (χ0n) is 15.5. The Kier molecular flexibility index (Phi) is 3.68. The molecule has 0 saturated heterocycles. The molecule has 0 radical (unpaired) electrons. The van der Waals surface area contributed by atoms with E-state index in [2.05, 4.69) is 71.7 Å². The molecule has 0 aliphatic heterocycles. The summed E-state index contributed by atoms with van der Waals surface area (Å²) in [6.45, 7) is 0. The molecule has 3 heteroatoms. The zero-order valence-corrected chi connectivity index (χ0v) is 16.4. The summed E-state index contributed by atoms with van der Waals surface area (Å²) in [6, 6.07) is 31.8. The lowest BCUT2D eigenvalue weighted by Gasteiger charge is -2.07. The summed E-state index contributed by atoms with van der Waals surface area (Å²) in [4.78, 5) is 9.40. The van der Waals surface area contributed by atoms with Crippen LogP contribution in [-0.2, 0) is 0 Å². The van der Waals surface area contributed by atoms with Gasteiger partial charge in [-0.1, -0.05) is 66.7 Å². The monoisotopic (exact) mass is 388 g/mol. The number of nitrogens with zero attached hydrogens (tertiary/aromatic N) is 2. The van der Waals surface area contributed by atoms with Crippen molar-refractivity contribution in [2.45, 2.75) is 0 Å². The van der Waals surface area contributed by atoms with E-state index < -0.39 is 0 Å². The smallest absolute Gasteiger partial charge is 0.0894 e. The van der Waals surface area contributed by atoms with Crippen molar-refractivity contribution < 1.29 is 0 Å². The molecule has 0 spiro atoms. The van der Waals surface area contributed by atoms with Crippen LogP contribution in [0.5, 0.6) is 0 Å². The molecule has 0 amide bonds. The number of rotatable bonds is 2. The molecule has 0 aliphatic carbocycles.